The molecule has 0 aliphatic carbocycles. The summed E-state index contributed by atoms with van der Waals surface area (Å²) in [6, 6.07) is 16.7. The van der Waals surface area contributed by atoms with E-state index >= 15 is 0 Å². The molecular formula is C22H21Cl4F2N7O. The summed E-state index contributed by atoms with van der Waals surface area (Å²) in [5.41, 5.74) is 3.55. The molecule has 1 unspecified atom stereocenters. The van der Waals surface area contributed by atoms with E-state index in [9.17, 15) is 8.78 Å². The molecule has 0 fully saturated rings. The van der Waals surface area contributed by atoms with Crippen molar-refractivity contribution in [3.05, 3.63) is 90.3 Å². The highest BCUT2D eigenvalue weighted by molar-refractivity contribution is 5.87. The molecule has 2 aromatic carbocycles. The third kappa shape index (κ3) is 6.58. The lowest BCUT2D eigenvalue weighted by molar-refractivity contribution is -0.394. The number of anilines is 1. The zero-order valence-corrected chi connectivity index (χ0v) is 21.5. The lowest BCUT2D eigenvalue weighted by atomic mass is 10.1. The van der Waals surface area contributed by atoms with Crippen molar-refractivity contribution in [1.82, 2.24) is 25.2 Å². The lowest BCUT2D eigenvalue weighted by Gasteiger charge is -2.15. The van der Waals surface area contributed by atoms with Gasteiger partial charge in [-0.2, -0.15) is 0 Å². The second kappa shape index (κ2) is 13.9. The number of nitrogens with zero attached hydrogens (tertiary/aromatic N) is 5. The molecule has 3 aromatic heterocycles. The molecule has 0 aliphatic rings. The zero-order chi connectivity index (χ0) is 21.9. The highest BCUT2D eigenvalue weighted by Crippen LogP contribution is 2.30. The number of halogens is 6. The Bertz CT molecular complexity index is 1340. The van der Waals surface area contributed by atoms with Crippen molar-refractivity contribution >= 4 is 54.0 Å². The summed E-state index contributed by atoms with van der Waals surface area (Å²) in [5.74, 6) is 0.453. The summed E-state index contributed by atoms with van der Waals surface area (Å²) in [7, 11) is 0. The van der Waals surface area contributed by atoms with Crippen LogP contribution in [0.5, 0.6) is 0 Å². The number of hydrogen-bond acceptors (Lipinski definition) is 6. The predicted octanol–water partition coefficient (Wildman–Crippen LogP) is 1.90. The SMILES string of the molecule is Cl.Cl.Cl.FC(F)C(Nc1cccc2oc(Cc3ccccc3-n3cnnn3)nc12)c1cccc[nH+]1.[Cl-]. The van der Waals surface area contributed by atoms with Gasteiger partial charge < -0.3 is 22.1 Å². The first-order valence-corrected chi connectivity index (χ1v) is 9.90. The first-order chi connectivity index (χ1) is 15.7. The molecule has 0 amide bonds. The molecule has 14 heteroatoms. The summed E-state index contributed by atoms with van der Waals surface area (Å²) in [4.78, 5) is 7.46. The van der Waals surface area contributed by atoms with Crippen molar-refractivity contribution in [3.63, 3.8) is 0 Å². The predicted molar refractivity (Wildman–Crippen MR) is 133 cm³/mol. The van der Waals surface area contributed by atoms with Crippen LogP contribution in [-0.4, -0.2) is 31.6 Å². The van der Waals surface area contributed by atoms with Gasteiger partial charge in [0.25, 0.3) is 6.43 Å². The molecule has 2 N–H and O–H groups in total. The van der Waals surface area contributed by atoms with Crippen LogP contribution in [0, 0.1) is 0 Å². The van der Waals surface area contributed by atoms with Crippen LogP contribution in [0.4, 0.5) is 14.5 Å². The molecule has 0 saturated carbocycles. The number of aromatic nitrogens is 6. The van der Waals surface area contributed by atoms with Crippen molar-refractivity contribution in [2.45, 2.75) is 18.9 Å². The molecule has 8 nitrogen and oxygen atoms in total. The molecule has 192 valence electrons. The quantitative estimate of drug-likeness (QED) is 0.317. The molecule has 5 rings (SSSR count). The van der Waals surface area contributed by atoms with E-state index in [4.69, 9.17) is 4.42 Å². The summed E-state index contributed by atoms with van der Waals surface area (Å²) in [5, 5.41) is 14.2. The van der Waals surface area contributed by atoms with Gasteiger partial charge in [-0.3, -0.25) is 0 Å². The number of rotatable bonds is 7. The van der Waals surface area contributed by atoms with Crippen molar-refractivity contribution in [1.29, 1.82) is 0 Å². The monoisotopic (exact) mass is 577 g/mol. The summed E-state index contributed by atoms with van der Waals surface area (Å²) in [6.07, 6.45) is 0.884. The van der Waals surface area contributed by atoms with E-state index < -0.39 is 12.5 Å². The highest BCUT2D eigenvalue weighted by atomic mass is 35.5. The Balaban J connectivity index is 0.00000162. The van der Waals surface area contributed by atoms with Crippen LogP contribution in [0.2, 0.25) is 0 Å². The Morgan fingerprint density at radius 2 is 1.75 bits per heavy atom. The Morgan fingerprint density at radius 3 is 2.44 bits per heavy atom. The maximum Gasteiger partial charge on any atom is 0.268 e. The fourth-order valence-electron chi connectivity index (χ4n) is 3.55. The fourth-order valence-corrected chi connectivity index (χ4v) is 3.55. The Morgan fingerprint density at radius 1 is 0.972 bits per heavy atom. The van der Waals surface area contributed by atoms with E-state index in [1.807, 2.05) is 24.3 Å². The van der Waals surface area contributed by atoms with E-state index in [1.54, 1.807) is 47.3 Å². The second-order valence-corrected chi connectivity index (χ2v) is 7.09. The number of para-hydroxylation sites is 2. The van der Waals surface area contributed by atoms with Crippen LogP contribution in [-0.2, 0) is 6.42 Å². The Labute approximate surface area is 229 Å². The van der Waals surface area contributed by atoms with Gasteiger partial charge in [0.15, 0.2) is 23.7 Å². The number of pyridine rings is 1. The van der Waals surface area contributed by atoms with Gasteiger partial charge in [0.2, 0.25) is 5.69 Å². The fraction of sp³-hybridized carbons (Fsp3) is 0.136. The maximum absolute atomic E-state index is 13.8. The third-order valence-corrected chi connectivity index (χ3v) is 5.02. The number of benzene rings is 2. The average Bonchev–Trinajstić information content (AvgIpc) is 3.48. The molecular weight excluding hydrogens is 558 g/mol. The lowest BCUT2D eigenvalue weighted by Crippen LogP contribution is -3.00. The number of aromatic amines is 1. The van der Waals surface area contributed by atoms with Gasteiger partial charge in [0, 0.05) is 12.1 Å². The standard InChI is InChI=1S/C22H17F2N7O.4ClH/c23-22(24)21(15-7-3-4-11-25-15)27-16-8-5-10-18-20(16)28-19(32-18)12-14-6-1-2-9-17(14)31-13-26-29-30-31;;;;/h1-11,13,21-22,27H,12H2;4*1H. The van der Waals surface area contributed by atoms with Crippen LogP contribution >= 0.6 is 37.2 Å². The number of oxazole rings is 1. The smallest absolute Gasteiger partial charge is 0.268 e. The van der Waals surface area contributed by atoms with Crippen molar-refractivity contribution in [2.24, 2.45) is 0 Å². The topological polar surface area (TPSA) is 95.8 Å². The van der Waals surface area contributed by atoms with Gasteiger partial charge in [0.1, 0.15) is 11.8 Å². The Hall–Kier alpha value is -3.05. The summed E-state index contributed by atoms with van der Waals surface area (Å²) in [6.45, 7) is 0. The van der Waals surface area contributed by atoms with E-state index in [1.165, 1.54) is 6.33 Å². The van der Waals surface area contributed by atoms with Crippen LogP contribution in [0.15, 0.2) is 77.6 Å². The summed E-state index contributed by atoms with van der Waals surface area (Å²) >= 11 is 0. The molecule has 5 aromatic rings. The number of alkyl halides is 2. The van der Waals surface area contributed by atoms with Gasteiger partial charge in [0.05, 0.1) is 17.8 Å². The highest BCUT2D eigenvalue weighted by Gasteiger charge is 2.28. The van der Waals surface area contributed by atoms with Gasteiger partial charge in [-0.05, 0) is 34.2 Å². The first-order valence-electron chi connectivity index (χ1n) is 9.90. The van der Waals surface area contributed by atoms with Gasteiger partial charge in [-0.15, -0.1) is 42.3 Å². The molecule has 0 spiro atoms. The van der Waals surface area contributed by atoms with Gasteiger partial charge >= 0.3 is 0 Å². The molecule has 36 heavy (non-hydrogen) atoms. The zero-order valence-electron chi connectivity index (χ0n) is 18.3. The van der Waals surface area contributed by atoms with Crippen molar-refractivity contribution in [3.8, 4) is 5.69 Å². The molecule has 0 bridgehead atoms. The maximum atomic E-state index is 13.8. The number of nitrogens with one attached hydrogen (secondary N) is 2. The van der Waals surface area contributed by atoms with Gasteiger partial charge in [-0.25, -0.2) is 23.4 Å². The first kappa shape index (κ1) is 31.0. The van der Waals surface area contributed by atoms with Gasteiger partial charge in [-0.1, -0.05) is 30.3 Å². The molecule has 0 saturated heterocycles. The van der Waals surface area contributed by atoms with E-state index in [2.05, 4.69) is 30.8 Å². The number of hydrogen-bond donors (Lipinski definition) is 1. The van der Waals surface area contributed by atoms with Crippen LogP contribution in [0.1, 0.15) is 23.2 Å². The van der Waals surface area contributed by atoms with Crippen LogP contribution < -0.4 is 22.7 Å². The minimum atomic E-state index is -2.63. The molecule has 3 heterocycles. The normalized spacial score (nSPS) is 11.0. The average molecular weight is 579 g/mol. The largest absolute Gasteiger partial charge is 1.00 e. The molecule has 1 atom stereocenters. The van der Waals surface area contributed by atoms with Crippen molar-refractivity contribution < 1.29 is 30.6 Å². The minimum absolute atomic E-state index is 0. The van der Waals surface area contributed by atoms with Crippen LogP contribution in [0.25, 0.3) is 16.8 Å². The number of fused-ring (bicyclic) bond motifs is 1. The van der Waals surface area contributed by atoms with E-state index in [0.717, 1.165) is 11.3 Å². The minimum Gasteiger partial charge on any atom is -1.00 e. The van der Waals surface area contributed by atoms with Crippen LogP contribution in [0.3, 0.4) is 0 Å². The number of H-pyrrole nitrogens is 1. The Kier molecular flexibility index (Phi) is 11.9. The van der Waals surface area contributed by atoms with E-state index in [-0.39, 0.29) is 49.6 Å². The van der Waals surface area contributed by atoms with E-state index in [0.29, 0.717) is 34.8 Å². The third-order valence-electron chi connectivity index (χ3n) is 5.02. The molecule has 0 radical (unpaired) electrons. The second-order valence-electron chi connectivity index (χ2n) is 7.09. The summed E-state index contributed by atoms with van der Waals surface area (Å²) < 4.78 is 35.1. The van der Waals surface area contributed by atoms with Crippen molar-refractivity contribution in [2.75, 3.05) is 5.32 Å². The molecule has 0 aliphatic heterocycles. The number of tetrazole rings is 1.